The lowest BCUT2D eigenvalue weighted by Gasteiger charge is -2.57. The fourth-order valence-electron chi connectivity index (χ4n) is 8.97. The highest BCUT2D eigenvalue weighted by Crippen LogP contribution is 2.58. The standard InChI is InChI=1S/C40H44N2O9/c1-20-33(45-4)25-17-27-32-31-26(34(46-5)21(2)36(48-7)38(31)50-9)18-28(41(32)3)39(43)42(27)29(30(25)37(49-8)35(20)47-6)19-51-40(44)24-16-12-14-22-13-10-11-15-23(22)24/h10-16,27-29,32H,17-19H2,1-9H3/t27-,28+,29?,32+/m0/s1. The zero-order valence-corrected chi connectivity index (χ0v) is 30.5. The zero-order chi connectivity index (χ0) is 36.3. The number of carbonyl (C=O) groups excluding carboxylic acids is 2. The summed E-state index contributed by atoms with van der Waals surface area (Å²) in [6, 6.07) is 11.2. The summed E-state index contributed by atoms with van der Waals surface area (Å²) in [5, 5.41) is 1.72. The number of nitrogens with zero attached hydrogens (tertiary/aromatic N) is 2. The van der Waals surface area contributed by atoms with Gasteiger partial charge in [0.25, 0.3) is 0 Å². The Bertz CT molecular complexity index is 2060. The molecule has 3 aliphatic heterocycles. The quantitative estimate of drug-likeness (QED) is 0.200. The first kappa shape index (κ1) is 34.3. The highest BCUT2D eigenvalue weighted by atomic mass is 16.5. The summed E-state index contributed by atoms with van der Waals surface area (Å²) in [7, 11) is 11.7. The van der Waals surface area contributed by atoms with Gasteiger partial charge in [-0.05, 0) is 44.2 Å². The first-order chi connectivity index (χ1) is 24.7. The lowest BCUT2D eigenvalue weighted by atomic mass is 9.73. The van der Waals surface area contributed by atoms with Gasteiger partial charge < -0.3 is 38.1 Å². The monoisotopic (exact) mass is 696 g/mol. The van der Waals surface area contributed by atoms with Gasteiger partial charge in [-0.2, -0.15) is 0 Å². The third-order valence-electron chi connectivity index (χ3n) is 11.0. The van der Waals surface area contributed by atoms with Gasteiger partial charge in [-0.1, -0.05) is 36.4 Å². The van der Waals surface area contributed by atoms with E-state index in [0.29, 0.717) is 58.5 Å². The Morgan fingerprint density at radius 2 is 1.25 bits per heavy atom. The molecule has 3 aliphatic rings. The lowest BCUT2D eigenvalue weighted by molar-refractivity contribution is -0.158. The fourth-order valence-corrected chi connectivity index (χ4v) is 8.97. The van der Waals surface area contributed by atoms with E-state index in [4.69, 9.17) is 33.2 Å². The van der Waals surface area contributed by atoms with Crippen LogP contribution in [0.2, 0.25) is 0 Å². The number of benzene rings is 4. The van der Waals surface area contributed by atoms with Crippen molar-refractivity contribution in [3.63, 3.8) is 0 Å². The van der Waals surface area contributed by atoms with E-state index in [0.717, 1.165) is 38.6 Å². The molecule has 0 N–H and O–H groups in total. The summed E-state index contributed by atoms with van der Waals surface area (Å²) in [5.74, 6) is 2.90. The second kappa shape index (κ2) is 13.2. The van der Waals surface area contributed by atoms with Gasteiger partial charge in [-0.25, -0.2) is 4.79 Å². The molecule has 11 nitrogen and oxygen atoms in total. The molecule has 1 unspecified atom stereocenters. The first-order valence-electron chi connectivity index (χ1n) is 17.0. The number of rotatable bonds is 9. The summed E-state index contributed by atoms with van der Waals surface area (Å²) < 4.78 is 42.3. The zero-order valence-electron chi connectivity index (χ0n) is 30.5. The molecule has 1 saturated heterocycles. The number of ether oxygens (including phenoxy) is 7. The predicted molar refractivity (Wildman–Crippen MR) is 191 cm³/mol. The number of amides is 1. The fraction of sp³-hybridized carbons (Fsp3) is 0.400. The third-order valence-corrected chi connectivity index (χ3v) is 11.0. The first-order valence-corrected chi connectivity index (χ1v) is 17.0. The minimum atomic E-state index is -0.732. The van der Waals surface area contributed by atoms with Crippen molar-refractivity contribution in [2.75, 3.05) is 56.3 Å². The van der Waals surface area contributed by atoms with E-state index >= 15 is 0 Å². The number of fused-ring (bicyclic) bond motifs is 8. The van der Waals surface area contributed by atoms with Crippen molar-refractivity contribution in [2.45, 2.75) is 50.9 Å². The summed E-state index contributed by atoms with van der Waals surface area (Å²) in [6.45, 7) is 3.73. The van der Waals surface area contributed by atoms with Crippen LogP contribution in [0.3, 0.4) is 0 Å². The molecule has 0 aromatic heterocycles. The second-order valence-corrected chi connectivity index (χ2v) is 13.2. The van der Waals surface area contributed by atoms with Gasteiger partial charge in [0, 0.05) is 39.8 Å². The van der Waals surface area contributed by atoms with Crippen LogP contribution >= 0.6 is 0 Å². The molecule has 2 bridgehead atoms. The van der Waals surface area contributed by atoms with Crippen LogP contribution in [0, 0.1) is 13.8 Å². The Morgan fingerprint density at radius 3 is 1.86 bits per heavy atom. The number of hydrogen-bond donors (Lipinski definition) is 0. The maximum absolute atomic E-state index is 15.0. The van der Waals surface area contributed by atoms with E-state index in [2.05, 4.69) is 4.90 Å². The van der Waals surface area contributed by atoms with E-state index in [-0.39, 0.29) is 18.6 Å². The van der Waals surface area contributed by atoms with Crippen LogP contribution in [-0.4, -0.2) is 90.1 Å². The number of esters is 1. The summed E-state index contributed by atoms with van der Waals surface area (Å²) in [6.07, 6.45) is 0.809. The molecule has 7 rings (SSSR count). The van der Waals surface area contributed by atoms with Crippen LogP contribution in [0.4, 0.5) is 0 Å². The van der Waals surface area contributed by atoms with Gasteiger partial charge in [0.2, 0.25) is 5.91 Å². The molecule has 1 fully saturated rings. The number of hydrogen-bond acceptors (Lipinski definition) is 10. The van der Waals surface area contributed by atoms with Gasteiger partial charge in [0.05, 0.1) is 72.4 Å². The summed E-state index contributed by atoms with van der Waals surface area (Å²) >= 11 is 0. The molecule has 0 spiro atoms. The van der Waals surface area contributed by atoms with Crippen molar-refractivity contribution in [3.8, 4) is 34.5 Å². The summed E-state index contributed by atoms with van der Waals surface area (Å²) in [5.41, 5.74) is 5.41. The molecule has 1 amide bonds. The number of methoxy groups -OCH3 is 6. The Kier molecular flexibility index (Phi) is 8.87. The van der Waals surface area contributed by atoms with Crippen molar-refractivity contribution in [2.24, 2.45) is 0 Å². The van der Waals surface area contributed by atoms with Crippen LogP contribution in [0.15, 0.2) is 42.5 Å². The van der Waals surface area contributed by atoms with Gasteiger partial charge in [-0.3, -0.25) is 9.69 Å². The van der Waals surface area contributed by atoms with Crippen molar-refractivity contribution in [3.05, 3.63) is 81.4 Å². The van der Waals surface area contributed by atoms with E-state index in [1.165, 1.54) is 0 Å². The van der Waals surface area contributed by atoms with Crippen LogP contribution in [0.1, 0.15) is 55.8 Å². The third kappa shape index (κ3) is 4.96. The molecular formula is C40H44N2O9. The number of piperazine rings is 1. The van der Waals surface area contributed by atoms with Gasteiger partial charge in [-0.15, -0.1) is 0 Å². The average Bonchev–Trinajstić information content (AvgIpc) is 3.14. The molecule has 0 aliphatic carbocycles. The minimum Gasteiger partial charge on any atom is -0.496 e. The SMILES string of the molecule is COc1c(C)c(OC)c(OC)c2c1C[C@H]1[C@@H]3c4c(c(OC)c(C)c(OC)c4OC)C[C@H](C(=O)N1C2COC(=O)c1cccc2ccccc12)N3C. The molecule has 0 saturated carbocycles. The van der Waals surface area contributed by atoms with Crippen molar-refractivity contribution < 1.29 is 42.7 Å². The van der Waals surface area contributed by atoms with Crippen LogP contribution in [-0.2, 0) is 22.4 Å². The van der Waals surface area contributed by atoms with Gasteiger partial charge in [0.1, 0.15) is 18.1 Å². The topological polar surface area (TPSA) is 105 Å². The van der Waals surface area contributed by atoms with Crippen molar-refractivity contribution >= 4 is 22.6 Å². The maximum Gasteiger partial charge on any atom is 0.338 e. The van der Waals surface area contributed by atoms with Crippen molar-refractivity contribution in [1.82, 2.24) is 9.80 Å². The van der Waals surface area contributed by atoms with Crippen LogP contribution < -0.4 is 28.4 Å². The molecular weight excluding hydrogens is 652 g/mol. The summed E-state index contributed by atoms with van der Waals surface area (Å²) in [4.78, 5) is 32.9. The molecule has 4 aromatic rings. The molecule has 3 heterocycles. The van der Waals surface area contributed by atoms with Crippen molar-refractivity contribution in [1.29, 1.82) is 0 Å². The van der Waals surface area contributed by atoms with E-state index in [9.17, 15) is 9.59 Å². The highest BCUT2D eigenvalue weighted by Gasteiger charge is 2.57. The molecule has 4 aromatic carbocycles. The maximum atomic E-state index is 15.0. The minimum absolute atomic E-state index is 0.0867. The second-order valence-electron chi connectivity index (χ2n) is 13.2. The molecule has 268 valence electrons. The predicted octanol–water partition coefficient (Wildman–Crippen LogP) is 5.77. The van der Waals surface area contributed by atoms with Crippen LogP contribution in [0.25, 0.3) is 10.8 Å². The highest BCUT2D eigenvalue weighted by molar-refractivity contribution is 6.04. The van der Waals surface area contributed by atoms with Gasteiger partial charge >= 0.3 is 5.97 Å². The van der Waals surface area contributed by atoms with E-state index < -0.39 is 24.1 Å². The molecule has 11 heteroatoms. The average molecular weight is 697 g/mol. The van der Waals surface area contributed by atoms with E-state index in [1.54, 1.807) is 48.7 Å². The number of likely N-dealkylation sites (N-methyl/N-ethyl adjacent to an activating group) is 1. The molecule has 4 atom stereocenters. The Balaban J connectivity index is 1.44. The number of carbonyl (C=O) groups is 2. The molecule has 51 heavy (non-hydrogen) atoms. The largest absolute Gasteiger partial charge is 0.496 e. The van der Waals surface area contributed by atoms with Crippen LogP contribution in [0.5, 0.6) is 34.5 Å². The lowest BCUT2D eigenvalue weighted by Crippen LogP contribution is -2.67. The van der Waals surface area contributed by atoms with Gasteiger partial charge in [0.15, 0.2) is 23.0 Å². The Hall–Kier alpha value is -5.16. The smallest absolute Gasteiger partial charge is 0.338 e. The Morgan fingerprint density at radius 1 is 0.706 bits per heavy atom. The Labute approximate surface area is 297 Å². The molecule has 0 radical (unpaired) electrons. The normalized spacial score (nSPS) is 20.6. The van der Waals surface area contributed by atoms with E-state index in [1.807, 2.05) is 62.2 Å².